The van der Waals surface area contributed by atoms with Gasteiger partial charge in [-0.1, -0.05) is 12.0 Å². The molecule has 1 aromatic rings. The zero-order valence-corrected chi connectivity index (χ0v) is 7.76. The Morgan fingerprint density at radius 1 is 1.42 bits per heavy atom. The topological polar surface area (TPSA) is 3.88 Å². The van der Waals surface area contributed by atoms with Crippen LogP contribution >= 0.6 is 0 Å². The van der Waals surface area contributed by atoms with Gasteiger partial charge in [-0.05, 0) is 32.4 Å². The van der Waals surface area contributed by atoms with E-state index in [1.165, 1.54) is 5.56 Å². The minimum Gasteiger partial charge on any atom is -0.323 e. The van der Waals surface area contributed by atoms with Gasteiger partial charge < -0.3 is 4.57 Å². The molecule has 1 rings (SSSR count). The van der Waals surface area contributed by atoms with Crippen LogP contribution in [0.4, 0.5) is 0 Å². The molecule has 0 bridgehead atoms. The Kier molecular flexibility index (Phi) is 2.76. The number of rotatable bonds is 1. The molecule has 0 amide bonds. The lowest BCUT2D eigenvalue weighted by Gasteiger charge is -2.04. The monoisotopic (exact) mass is 159 g/mol. The van der Waals surface area contributed by atoms with Gasteiger partial charge in [0.25, 0.3) is 0 Å². The molecule has 0 atom stereocenters. The fourth-order valence-corrected chi connectivity index (χ4v) is 1.08. The van der Waals surface area contributed by atoms with Crippen molar-refractivity contribution in [2.75, 3.05) is 0 Å². The minimum atomic E-state index is 1.03. The summed E-state index contributed by atoms with van der Waals surface area (Å²) in [6.45, 7) is 7.93. The minimum absolute atomic E-state index is 1.03. The van der Waals surface area contributed by atoms with E-state index in [1.807, 2.05) is 31.0 Å². The summed E-state index contributed by atoms with van der Waals surface area (Å²) in [5.41, 5.74) is 2.28. The second-order valence-electron chi connectivity index (χ2n) is 2.63. The molecule has 12 heavy (non-hydrogen) atoms. The van der Waals surface area contributed by atoms with E-state index in [0.717, 1.165) is 5.69 Å². The molecule has 1 heterocycles. The highest BCUT2D eigenvalue weighted by molar-refractivity contribution is 5.23. The first-order valence-corrected chi connectivity index (χ1v) is 4.02. The van der Waals surface area contributed by atoms with Crippen molar-refractivity contribution in [1.29, 1.82) is 0 Å². The largest absolute Gasteiger partial charge is 0.323 e. The Labute approximate surface area is 74.0 Å². The highest BCUT2D eigenvalue weighted by atomic mass is 14.9. The van der Waals surface area contributed by atoms with E-state index in [0.29, 0.717) is 0 Å². The summed E-state index contributed by atoms with van der Waals surface area (Å²) in [7, 11) is 0. The highest BCUT2D eigenvalue weighted by Crippen LogP contribution is 1.95. The van der Waals surface area contributed by atoms with Gasteiger partial charge in [0.15, 0.2) is 5.69 Å². The summed E-state index contributed by atoms with van der Waals surface area (Å²) in [5, 5.41) is 0. The van der Waals surface area contributed by atoms with Crippen LogP contribution in [-0.4, -0.2) is 0 Å². The summed E-state index contributed by atoms with van der Waals surface area (Å²) in [6, 6.07) is 4.10. The molecule has 0 aliphatic heterocycles. The Morgan fingerprint density at radius 2 is 2.17 bits per heavy atom. The molecule has 1 nitrogen and oxygen atoms in total. The van der Waals surface area contributed by atoms with Gasteiger partial charge in [0, 0.05) is 6.54 Å². The first-order chi connectivity index (χ1) is 5.77. The van der Waals surface area contributed by atoms with Crippen molar-refractivity contribution in [2.45, 2.75) is 20.8 Å². The van der Waals surface area contributed by atoms with Crippen LogP contribution in [0.3, 0.4) is 0 Å². The van der Waals surface area contributed by atoms with E-state index in [4.69, 9.17) is 0 Å². The van der Waals surface area contributed by atoms with Gasteiger partial charge in [-0.2, -0.15) is 0 Å². The van der Waals surface area contributed by atoms with Crippen LogP contribution in [0.2, 0.25) is 0 Å². The lowest BCUT2D eigenvalue weighted by Crippen LogP contribution is -2.34. The van der Waals surface area contributed by atoms with Gasteiger partial charge in [-0.15, -0.1) is 5.92 Å². The Morgan fingerprint density at radius 3 is 2.75 bits per heavy atom. The van der Waals surface area contributed by atoms with Gasteiger partial charge in [-0.25, -0.2) is 0 Å². The number of pyridine rings is 1. The molecular formula is C11H13N. The van der Waals surface area contributed by atoms with E-state index >= 15 is 0 Å². The van der Waals surface area contributed by atoms with Gasteiger partial charge in [0.2, 0.25) is 0 Å². The second-order valence-corrected chi connectivity index (χ2v) is 2.63. The van der Waals surface area contributed by atoms with Crippen molar-refractivity contribution in [3.8, 4) is 11.8 Å². The number of hydrogen-bond acceptors (Lipinski definition) is 0. The van der Waals surface area contributed by atoms with Crippen molar-refractivity contribution in [3.63, 3.8) is 0 Å². The zero-order valence-electron chi connectivity index (χ0n) is 7.76. The van der Waals surface area contributed by atoms with Crippen LogP contribution < -0.4 is 4.57 Å². The van der Waals surface area contributed by atoms with E-state index < -0.39 is 0 Å². The van der Waals surface area contributed by atoms with E-state index in [2.05, 4.69) is 31.0 Å². The summed E-state index contributed by atoms with van der Waals surface area (Å²) in [6.07, 6.45) is 2.07. The normalized spacial score (nSPS) is 8.58. The number of hydrogen-bond donors (Lipinski definition) is 0. The predicted molar refractivity (Wildman–Crippen MR) is 49.3 cm³/mol. The molecule has 0 fully saturated rings. The average molecular weight is 159 g/mol. The maximum Gasteiger partial charge on any atom is 0.155 e. The van der Waals surface area contributed by atoms with Crippen LogP contribution in [0.15, 0.2) is 18.3 Å². The van der Waals surface area contributed by atoms with E-state index in [9.17, 15) is 0 Å². The average Bonchev–Trinajstić information content (AvgIpc) is 2.08. The van der Waals surface area contributed by atoms with E-state index in [-0.39, 0.29) is 0 Å². The molecule has 0 aromatic carbocycles. The van der Waals surface area contributed by atoms with Gasteiger partial charge >= 0.3 is 0 Å². The van der Waals surface area contributed by atoms with Crippen molar-refractivity contribution in [2.24, 2.45) is 0 Å². The molecule has 0 aliphatic rings. The summed E-state index contributed by atoms with van der Waals surface area (Å²) >= 11 is 0. The smallest absolute Gasteiger partial charge is 0.155 e. The number of aromatic nitrogens is 1. The van der Waals surface area contributed by atoms with Crippen molar-refractivity contribution in [1.82, 2.24) is 0 Å². The molecule has 0 N–H and O–H groups in total. The van der Waals surface area contributed by atoms with Crippen LogP contribution in [0, 0.1) is 25.3 Å². The molecule has 0 aliphatic carbocycles. The van der Waals surface area contributed by atoms with Crippen molar-refractivity contribution in [3.05, 3.63) is 36.1 Å². The summed E-state index contributed by atoms with van der Waals surface area (Å²) in [5.74, 6) is 5.92. The molecule has 0 saturated heterocycles. The molecule has 1 heteroatoms. The standard InChI is InChI=1S/C11H13N/c1-4-6-11-8-7-10(3)9-12(11)5-2/h5,7-9H,1-3H3. The first-order valence-electron chi connectivity index (χ1n) is 4.02. The summed E-state index contributed by atoms with van der Waals surface area (Å²) in [4.78, 5) is 0. The maximum atomic E-state index is 3.04. The zero-order chi connectivity index (χ0) is 8.97. The van der Waals surface area contributed by atoms with Gasteiger partial charge in [0.05, 0.1) is 6.20 Å². The third-order valence-electron chi connectivity index (χ3n) is 1.66. The first kappa shape index (κ1) is 8.67. The van der Waals surface area contributed by atoms with Crippen molar-refractivity contribution >= 4 is 0 Å². The lowest BCUT2D eigenvalue weighted by atomic mass is 10.2. The van der Waals surface area contributed by atoms with Crippen LogP contribution in [0.25, 0.3) is 0 Å². The van der Waals surface area contributed by atoms with Crippen molar-refractivity contribution < 1.29 is 4.57 Å². The number of nitrogens with zero attached hydrogens (tertiary/aromatic N) is 1. The SMILES string of the molecule is CC#Cc1ccc(C)c[n+]1[CH-]C. The third-order valence-corrected chi connectivity index (χ3v) is 1.66. The lowest BCUT2D eigenvalue weighted by molar-refractivity contribution is -0.635. The molecule has 0 spiro atoms. The number of aryl methyl sites for hydroxylation is 1. The Hall–Kier alpha value is -1.42. The molecule has 0 radical (unpaired) electrons. The molecule has 0 saturated carbocycles. The van der Waals surface area contributed by atoms with Gasteiger partial charge in [-0.3, -0.25) is 0 Å². The fraction of sp³-hybridized carbons (Fsp3) is 0.273. The summed E-state index contributed by atoms with van der Waals surface area (Å²) < 4.78 is 2.03. The van der Waals surface area contributed by atoms with Gasteiger partial charge in [0.1, 0.15) is 0 Å². The maximum absolute atomic E-state index is 3.04. The predicted octanol–water partition coefficient (Wildman–Crippen LogP) is 1.68. The van der Waals surface area contributed by atoms with Crippen LogP contribution in [0.1, 0.15) is 25.1 Å². The highest BCUT2D eigenvalue weighted by Gasteiger charge is 1.95. The quantitative estimate of drug-likeness (QED) is 0.333. The molecule has 1 aromatic heterocycles. The van der Waals surface area contributed by atoms with Crippen LogP contribution in [-0.2, 0) is 0 Å². The fourth-order valence-electron chi connectivity index (χ4n) is 1.08. The third kappa shape index (κ3) is 1.79. The molecule has 0 unspecified atom stereocenters. The molecular weight excluding hydrogens is 146 g/mol. The second kappa shape index (κ2) is 3.82. The van der Waals surface area contributed by atoms with Crippen LogP contribution in [0.5, 0.6) is 0 Å². The molecule has 62 valence electrons. The Balaban J connectivity index is 3.17. The van der Waals surface area contributed by atoms with E-state index in [1.54, 1.807) is 0 Å². The Bertz CT molecular complexity index is 329.